The molecular formula is C21H22ClN7S. The van der Waals surface area contributed by atoms with Crippen molar-refractivity contribution in [3.05, 3.63) is 54.2 Å². The average molecular weight is 440 g/mol. The predicted molar refractivity (Wildman–Crippen MR) is 123 cm³/mol. The van der Waals surface area contributed by atoms with Crippen LogP contribution in [0.15, 0.2) is 49.2 Å². The van der Waals surface area contributed by atoms with Gasteiger partial charge in [0.15, 0.2) is 0 Å². The molecule has 0 unspecified atom stereocenters. The van der Waals surface area contributed by atoms with Crippen LogP contribution in [-0.4, -0.2) is 61.1 Å². The highest BCUT2D eigenvalue weighted by Gasteiger charge is 2.18. The number of rotatable bonds is 4. The van der Waals surface area contributed by atoms with Crippen molar-refractivity contribution in [1.29, 1.82) is 0 Å². The van der Waals surface area contributed by atoms with Gasteiger partial charge in [-0.2, -0.15) is 10.2 Å². The van der Waals surface area contributed by atoms with Crippen molar-refractivity contribution in [1.82, 2.24) is 28.7 Å². The van der Waals surface area contributed by atoms with E-state index in [0.29, 0.717) is 5.02 Å². The lowest BCUT2D eigenvalue weighted by molar-refractivity contribution is 0.429. The third-order valence-electron chi connectivity index (χ3n) is 5.49. The molecule has 0 N–H and O–H groups in total. The van der Waals surface area contributed by atoms with Crippen molar-refractivity contribution in [2.45, 2.75) is 0 Å². The Kier molecular flexibility index (Phi) is 5.14. The van der Waals surface area contributed by atoms with Gasteiger partial charge in [0.05, 0.1) is 22.9 Å². The van der Waals surface area contributed by atoms with Gasteiger partial charge < -0.3 is 4.90 Å². The SMILES string of the molecule is CSN1CCN(c2ccc(-c3cc(-c4cnn(C)c4)cn4ncc(Cl)c34)cn2)CC1. The van der Waals surface area contributed by atoms with Gasteiger partial charge in [0, 0.05) is 74.1 Å². The van der Waals surface area contributed by atoms with E-state index in [2.05, 4.69) is 43.9 Å². The summed E-state index contributed by atoms with van der Waals surface area (Å²) in [6, 6.07) is 6.35. The highest BCUT2D eigenvalue weighted by molar-refractivity contribution is 7.96. The molecule has 4 aromatic heterocycles. The van der Waals surface area contributed by atoms with Gasteiger partial charge in [-0.1, -0.05) is 23.5 Å². The second kappa shape index (κ2) is 7.94. The molecule has 4 aromatic rings. The van der Waals surface area contributed by atoms with Crippen LogP contribution in [0.3, 0.4) is 0 Å². The monoisotopic (exact) mass is 439 g/mol. The average Bonchev–Trinajstić information content (AvgIpc) is 3.39. The Morgan fingerprint density at radius 2 is 1.77 bits per heavy atom. The normalized spacial score (nSPS) is 15.2. The number of fused-ring (bicyclic) bond motifs is 1. The van der Waals surface area contributed by atoms with Gasteiger partial charge in [-0.15, -0.1) is 0 Å². The van der Waals surface area contributed by atoms with E-state index in [9.17, 15) is 0 Å². The van der Waals surface area contributed by atoms with Crippen molar-refractivity contribution in [2.24, 2.45) is 7.05 Å². The number of aryl methyl sites for hydroxylation is 1. The van der Waals surface area contributed by atoms with Crippen molar-refractivity contribution in [2.75, 3.05) is 37.3 Å². The minimum absolute atomic E-state index is 0.625. The van der Waals surface area contributed by atoms with E-state index in [0.717, 1.165) is 59.8 Å². The quantitative estimate of drug-likeness (QED) is 0.450. The maximum Gasteiger partial charge on any atom is 0.128 e. The molecule has 9 heteroatoms. The molecule has 0 saturated carbocycles. The number of pyridine rings is 2. The number of halogens is 1. The summed E-state index contributed by atoms with van der Waals surface area (Å²) >= 11 is 8.28. The Balaban J connectivity index is 1.51. The summed E-state index contributed by atoms with van der Waals surface area (Å²) in [6.45, 7) is 4.07. The zero-order chi connectivity index (χ0) is 20.7. The number of nitrogens with zero attached hydrogens (tertiary/aromatic N) is 7. The molecular weight excluding hydrogens is 418 g/mol. The van der Waals surface area contributed by atoms with E-state index in [4.69, 9.17) is 16.6 Å². The lowest BCUT2D eigenvalue weighted by atomic mass is 10.0. The molecule has 0 spiro atoms. The molecule has 0 aliphatic carbocycles. The third kappa shape index (κ3) is 3.55. The van der Waals surface area contributed by atoms with Crippen LogP contribution in [0, 0.1) is 0 Å². The Morgan fingerprint density at radius 1 is 0.933 bits per heavy atom. The molecule has 5 rings (SSSR count). The molecule has 1 aliphatic rings. The second-order valence-corrected chi connectivity index (χ2v) is 8.62. The smallest absolute Gasteiger partial charge is 0.128 e. The Hall–Kier alpha value is -2.55. The molecule has 1 aliphatic heterocycles. The first kappa shape index (κ1) is 19.4. The Morgan fingerprint density at radius 3 is 2.43 bits per heavy atom. The molecule has 0 bridgehead atoms. The summed E-state index contributed by atoms with van der Waals surface area (Å²) in [7, 11) is 1.91. The van der Waals surface area contributed by atoms with E-state index < -0.39 is 0 Å². The fraction of sp³-hybridized carbons (Fsp3) is 0.286. The summed E-state index contributed by atoms with van der Waals surface area (Å²) < 4.78 is 6.01. The number of hydrogen-bond donors (Lipinski definition) is 0. The molecule has 7 nitrogen and oxygen atoms in total. The molecule has 1 saturated heterocycles. The molecule has 0 atom stereocenters. The van der Waals surface area contributed by atoms with Crippen LogP contribution in [0.1, 0.15) is 0 Å². The first-order valence-electron chi connectivity index (χ1n) is 9.79. The summed E-state index contributed by atoms with van der Waals surface area (Å²) in [4.78, 5) is 7.11. The molecule has 154 valence electrons. The van der Waals surface area contributed by atoms with E-state index >= 15 is 0 Å². The summed E-state index contributed by atoms with van der Waals surface area (Å²) in [5, 5.41) is 9.34. The maximum atomic E-state index is 6.48. The highest BCUT2D eigenvalue weighted by Crippen LogP contribution is 2.34. The largest absolute Gasteiger partial charge is 0.354 e. The topological polar surface area (TPSA) is 54.5 Å². The highest BCUT2D eigenvalue weighted by atomic mass is 35.5. The Bertz CT molecular complexity index is 1180. The van der Waals surface area contributed by atoms with E-state index in [1.54, 1.807) is 22.8 Å². The zero-order valence-electron chi connectivity index (χ0n) is 16.9. The minimum Gasteiger partial charge on any atom is -0.354 e. The van der Waals surface area contributed by atoms with E-state index in [1.165, 1.54) is 0 Å². The second-order valence-electron chi connectivity index (χ2n) is 7.33. The van der Waals surface area contributed by atoms with Crippen LogP contribution in [0.4, 0.5) is 5.82 Å². The first-order chi connectivity index (χ1) is 14.6. The molecule has 0 radical (unpaired) electrons. The van der Waals surface area contributed by atoms with Crippen LogP contribution < -0.4 is 4.90 Å². The fourth-order valence-corrected chi connectivity index (χ4v) is 4.62. The number of anilines is 1. The molecule has 5 heterocycles. The molecule has 0 amide bonds. The standard InChI is InChI=1S/C21H22ClN7S/c1-26-13-17(11-24-26)16-9-18(21-19(22)12-25-29(21)14-16)15-3-4-20(23-10-15)27-5-7-28(30-2)8-6-27/h3-4,9-14H,5-8H2,1-2H3. The van der Waals surface area contributed by atoms with Gasteiger partial charge in [-0.05, 0) is 24.5 Å². The third-order valence-corrected chi connectivity index (χ3v) is 6.64. The maximum absolute atomic E-state index is 6.48. The van der Waals surface area contributed by atoms with Gasteiger partial charge in [-0.25, -0.2) is 13.8 Å². The van der Waals surface area contributed by atoms with Gasteiger partial charge in [0.2, 0.25) is 0 Å². The first-order valence-corrected chi connectivity index (χ1v) is 11.3. The van der Waals surface area contributed by atoms with Crippen LogP contribution >= 0.6 is 23.5 Å². The van der Waals surface area contributed by atoms with Crippen molar-refractivity contribution in [3.8, 4) is 22.3 Å². The number of hydrogen-bond acceptors (Lipinski definition) is 6. The molecule has 30 heavy (non-hydrogen) atoms. The minimum atomic E-state index is 0.625. The summed E-state index contributed by atoms with van der Waals surface area (Å²) in [6.07, 6.45) is 11.6. The van der Waals surface area contributed by atoms with E-state index in [1.807, 2.05) is 36.4 Å². The van der Waals surface area contributed by atoms with Gasteiger partial charge >= 0.3 is 0 Å². The summed E-state index contributed by atoms with van der Waals surface area (Å²) in [5.41, 5.74) is 4.96. The van der Waals surface area contributed by atoms with Crippen molar-refractivity contribution >= 4 is 34.9 Å². The van der Waals surface area contributed by atoms with Crippen LogP contribution in [0.2, 0.25) is 5.02 Å². The Labute approximate surface area is 184 Å². The number of piperazine rings is 1. The number of aromatic nitrogens is 5. The summed E-state index contributed by atoms with van der Waals surface area (Å²) in [5.74, 6) is 1.01. The van der Waals surface area contributed by atoms with Crippen molar-refractivity contribution in [3.63, 3.8) is 0 Å². The fourth-order valence-electron chi connectivity index (χ4n) is 3.86. The van der Waals surface area contributed by atoms with Gasteiger partial charge in [-0.3, -0.25) is 4.68 Å². The lowest BCUT2D eigenvalue weighted by Gasteiger charge is -2.34. The molecule has 1 fully saturated rings. The molecule has 0 aromatic carbocycles. The van der Waals surface area contributed by atoms with Gasteiger partial charge in [0.1, 0.15) is 5.82 Å². The predicted octanol–water partition coefficient (Wildman–Crippen LogP) is 3.85. The van der Waals surface area contributed by atoms with Crippen LogP contribution in [0.25, 0.3) is 27.8 Å². The van der Waals surface area contributed by atoms with Crippen molar-refractivity contribution < 1.29 is 0 Å². The van der Waals surface area contributed by atoms with E-state index in [-0.39, 0.29) is 0 Å². The van der Waals surface area contributed by atoms with Crippen LogP contribution in [0.5, 0.6) is 0 Å². The zero-order valence-corrected chi connectivity index (χ0v) is 18.4. The van der Waals surface area contributed by atoms with Gasteiger partial charge in [0.25, 0.3) is 0 Å². The van der Waals surface area contributed by atoms with Crippen LogP contribution in [-0.2, 0) is 7.05 Å². The lowest BCUT2D eigenvalue weighted by Crippen LogP contribution is -2.43.